The lowest BCUT2D eigenvalue weighted by molar-refractivity contribution is 0.242. The van der Waals surface area contributed by atoms with E-state index < -0.39 is 0 Å². The summed E-state index contributed by atoms with van der Waals surface area (Å²) in [6.45, 7) is 8.86. The zero-order valence-electron chi connectivity index (χ0n) is 14.1. The number of ether oxygens (including phenoxy) is 1. The zero-order valence-corrected chi connectivity index (χ0v) is 15.0. The van der Waals surface area contributed by atoms with Crippen LogP contribution in [0.25, 0.3) is 0 Å². The molecule has 0 atom stereocenters. The fraction of sp³-hybridized carbons (Fsp3) is 0.316. The summed E-state index contributed by atoms with van der Waals surface area (Å²) in [4.78, 5) is 0. The van der Waals surface area contributed by atoms with Crippen LogP contribution in [0.2, 0.25) is 0 Å². The highest BCUT2D eigenvalue weighted by molar-refractivity contribution is 7.80. The minimum Gasteiger partial charge on any atom is -0.491 e. The Bertz CT molecular complexity index is 683. The Kier molecular flexibility index (Phi) is 5.99. The van der Waals surface area contributed by atoms with Gasteiger partial charge < -0.3 is 15.4 Å². The van der Waals surface area contributed by atoms with E-state index in [9.17, 15) is 0 Å². The number of rotatable bonds is 5. The molecule has 2 aromatic rings. The van der Waals surface area contributed by atoms with Crippen LogP contribution in [0, 0.1) is 13.8 Å². The lowest BCUT2D eigenvalue weighted by Gasteiger charge is -2.14. The molecule has 0 aromatic heterocycles. The first kappa shape index (κ1) is 17.3. The predicted octanol–water partition coefficient (Wildman–Crippen LogP) is 4.58. The van der Waals surface area contributed by atoms with Crippen molar-refractivity contribution < 1.29 is 4.74 Å². The van der Waals surface area contributed by atoms with Gasteiger partial charge in [-0.15, -0.1) is 0 Å². The third-order valence-corrected chi connectivity index (χ3v) is 3.60. The van der Waals surface area contributed by atoms with Crippen molar-refractivity contribution in [2.75, 3.05) is 5.32 Å². The summed E-state index contributed by atoms with van der Waals surface area (Å²) >= 11 is 5.38. The maximum absolute atomic E-state index is 5.71. The molecule has 0 spiro atoms. The van der Waals surface area contributed by atoms with Gasteiger partial charge in [0.25, 0.3) is 0 Å². The van der Waals surface area contributed by atoms with Gasteiger partial charge in [0.2, 0.25) is 0 Å². The van der Waals surface area contributed by atoms with Gasteiger partial charge in [0, 0.05) is 12.2 Å². The smallest absolute Gasteiger partial charge is 0.171 e. The molecule has 2 aromatic carbocycles. The van der Waals surface area contributed by atoms with Crippen molar-refractivity contribution in [1.29, 1.82) is 0 Å². The molecule has 0 saturated heterocycles. The first-order valence-electron chi connectivity index (χ1n) is 7.82. The van der Waals surface area contributed by atoms with Gasteiger partial charge in [0.15, 0.2) is 5.11 Å². The third kappa shape index (κ3) is 5.57. The number of benzene rings is 2. The van der Waals surface area contributed by atoms with Crippen molar-refractivity contribution in [3.8, 4) is 5.75 Å². The molecule has 0 aliphatic heterocycles. The average molecular weight is 328 g/mol. The largest absolute Gasteiger partial charge is 0.491 e. The maximum Gasteiger partial charge on any atom is 0.171 e. The van der Waals surface area contributed by atoms with Gasteiger partial charge in [0.1, 0.15) is 5.75 Å². The Morgan fingerprint density at radius 1 is 1.13 bits per heavy atom. The van der Waals surface area contributed by atoms with E-state index in [0.29, 0.717) is 11.7 Å². The van der Waals surface area contributed by atoms with E-state index in [1.54, 1.807) is 0 Å². The lowest BCUT2D eigenvalue weighted by atomic mass is 10.1. The second kappa shape index (κ2) is 7.97. The molecule has 0 heterocycles. The summed E-state index contributed by atoms with van der Waals surface area (Å²) in [6.07, 6.45) is 0.172. The normalized spacial score (nSPS) is 10.5. The fourth-order valence-corrected chi connectivity index (χ4v) is 2.49. The van der Waals surface area contributed by atoms with E-state index in [1.165, 1.54) is 11.1 Å². The van der Waals surface area contributed by atoms with Gasteiger partial charge in [-0.2, -0.15) is 0 Å². The lowest BCUT2D eigenvalue weighted by Crippen LogP contribution is -2.28. The average Bonchev–Trinajstić information content (AvgIpc) is 2.48. The zero-order chi connectivity index (χ0) is 16.8. The highest BCUT2D eigenvalue weighted by Crippen LogP contribution is 2.17. The van der Waals surface area contributed by atoms with Gasteiger partial charge in [-0.05, 0) is 69.2 Å². The van der Waals surface area contributed by atoms with Crippen LogP contribution in [0.5, 0.6) is 5.75 Å². The van der Waals surface area contributed by atoms with Crippen LogP contribution >= 0.6 is 12.2 Å². The van der Waals surface area contributed by atoms with Gasteiger partial charge in [-0.1, -0.05) is 29.8 Å². The molecule has 4 heteroatoms. The number of anilines is 1. The molecule has 0 unspecified atom stereocenters. The second-order valence-corrected chi connectivity index (χ2v) is 6.35. The molecular weight excluding hydrogens is 304 g/mol. The van der Waals surface area contributed by atoms with Crippen LogP contribution in [0.4, 0.5) is 5.69 Å². The second-order valence-electron chi connectivity index (χ2n) is 5.94. The molecule has 0 bridgehead atoms. The minimum absolute atomic E-state index is 0.172. The highest BCUT2D eigenvalue weighted by Gasteiger charge is 2.03. The summed E-state index contributed by atoms with van der Waals surface area (Å²) in [5.74, 6) is 0.882. The molecule has 0 fully saturated rings. The van der Waals surface area contributed by atoms with E-state index in [-0.39, 0.29) is 6.10 Å². The quantitative estimate of drug-likeness (QED) is 0.787. The van der Waals surface area contributed by atoms with E-state index in [0.717, 1.165) is 17.0 Å². The summed E-state index contributed by atoms with van der Waals surface area (Å²) in [5, 5.41) is 7.10. The number of aryl methyl sites for hydroxylation is 2. The maximum atomic E-state index is 5.71. The molecule has 23 heavy (non-hydrogen) atoms. The Morgan fingerprint density at radius 2 is 1.91 bits per heavy atom. The molecule has 0 radical (unpaired) electrons. The number of nitrogens with one attached hydrogen (secondary N) is 2. The first-order valence-corrected chi connectivity index (χ1v) is 8.22. The Labute approximate surface area is 144 Å². The molecule has 2 N–H and O–H groups in total. The molecule has 122 valence electrons. The first-order chi connectivity index (χ1) is 10.9. The Balaban J connectivity index is 1.91. The van der Waals surface area contributed by atoms with Crippen LogP contribution in [0.15, 0.2) is 42.5 Å². The molecule has 0 aliphatic rings. The summed E-state index contributed by atoms with van der Waals surface area (Å²) in [5.41, 5.74) is 4.59. The molecular formula is C19H24N2OS. The topological polar surface area (TPSA) is 33.3 Å². The van der Waals surface area contributed by atoms with E-state index in [4.69, 9.17) is 17.0 Å². The third-order valence-electron chi connectivity index (χ3n) is 3.35. The predicted molar refractivity (Wildman–Crippen MR) is 101 cm³/mol. The van der Waals surface area contributed by atoms with Crippen molar-refractivity contribution in [2.24, 2.45) is 0 Å². The van der Waals surface area contributed by atoms with Crippen molar-refractivity contribution >= 4 is 23.0 Å². The highest BCUT2D eigenvalue weighted by atomic mass is 32.1. The van der Waals surface area contributed by atoms with Gasteiger partial charge >= 0.3 is 0 Å². The van der Waals surface area contributed by atoms with Crippen molar-refractivity contribution in [1.82, 2.24) is 5.32 Å². The summed E-state index contributed by atoms with van der Waals surface area (Å²) < 4.78 is 5.71. The van der Waals surface area contributed by atoms with Crippen molar-refractivity contribution in [3.63, 3.8) is 0 Å². The van der Waals surface area contributed by atoms with Crippen LogP contribution in [-0.4, -0.2) is 11.2 Å². The number of hydrogen-bond acceptors (Lipinski definition) is 2. The van der Waals surface area contributed by atoms with Crippen molar-refractivity contribution in [3.05, 3.63) is 59.2 Å². The van der Waals surface area contributed by atoms with Gasteiger partial charge in [0.05, 0.1) is 6.10 Å². The SMILES string of the molecule is Cc1ccc(NC(=S)NCc2cccc(OC(C)C)c2)c(C)c1. The molecule has 0 amide bonds. The minimum atomic E-state index is 0.172. The van der Waals surface area contributed by atoms with E-state index in [1.807, 2.05) is 32.0 Å². The van der Waals surface area contributed by atoms with E-state index in [2.05, 4.69) is 48.7 Å². The van der Waals surface area contributed by atoms with Gasteiger partial charge in [-0.25, -0.2) is 0 Å². The van der Waals surface area contributed by atoms with Crippen molar-refractivity contribution in [2.45, 2.75) is 40.3 Å². The standard InChI is InChI=1S/C19H24N2OS/c1-13(2)22-17-7-5-6-16(11-17)12-20-19(23)21-18-9-8-14(3)10-15(18)4/h5-11,13H,12H2,1-4H3,(H2,20,21,23). The van der Waals surface area contributed by atoms with E-state index >= 15 is 0 Å². The van der Waals surface area contributed by atoms with Crippen LogP contribution in [0.3, 0.4) is 0 Å². The van der Waals surface area contributed by atoms with Gasteiger partial charge in [-0.3, -0.25) is 0 Å². The fourth-order valence-electron chi connectivity index (χ4n) is 2.30. The summed E-state index contributed by atoms with van der Waals surface area (Å²) in [6, 6.07) is 14.3. The van der Waals surface area contributed by atoms with Crippen LogP contribution in [0.1, 0.15) is 30.5 Å². The summed E-state index contributed by atoms with van der Waals surface area (Å²) in [7, 11) is 0. The molecule has 2 rings (SSSR count). The monoisotopic (exact) mass is 328 g/mol. The molecule has 3 nitrogen and oxygen atoms in total. The Hall–Kier alpha value is -2.07. The number of thiocarbonyl (C=S) groups is 1. The van der Waals surface area contributed by atoms with Crippen LogP contribution in [-0.2, 0) is 6.54 Å². The molecule has 0 saturated carbocycles. The number of hydrogen-bond donors (Lipinski definition) is 2. The Morgan fingerprint density at radius 3 is 2.61 bits per heavy atom. The van der Waals surface area contributed by atoms with Crippen LogP contribution < -0.4 is 15.4 Å². The molecule has 0 aliphatic carbocycles.